The fraction of sp³-hybridized carbons (Fsp3) is 0.286. The van der Waals surface area contributed by atoms with Gasteiger partial charge in [-0.05, 0) is 29.7 Å². The van der Waals surface area contributed by atoms with E-state index in [4.69, 9.17) is 0 Å². The molecule has 0 unspecified atom stereocenters. The minimum absolute atomic E-state index is 0.00850. The van der Waals surface area contributed by atoms with Crippen molar-refractivity contribution in [3.63, 3.8) is 0 Å². The standard InChI is InChI=1S/C21H24BrN5O/c1-14(2)19(13-28)26-21-25-18(17-9-5-6-10-23-17)11-20(27-21)24-12-15-7-3-4-8-16(15)22/h3-11,14,19,28H,12-13H2,1-2H3,(H2,24,25,26,27)/t19-/m1/s1. The van der Waals surface area contributed by atoms with Gasteiger partial charge in [0, 0.05) is 23.3 Å². The van der Waals surface area contributed by atoms with Crippen molar-refractivity contribution in [1.82, 2.24) is 15.0 Å². The Morgan fingerprint density at radius 1 is 1.04 bits per heavy atom. The molecule has 0 fully saturated rings. The fourth-order valence-electron chi connectivity index (χ4n) is 2.66. The van der Waals surface area contributed by atoms with Gasteiger partial charge in [0.05, 0.1) is 24.0 Å². The zero-order chi connectivity index (χ0) is 19.9. The summed E-state index contributed by atoms with van der Waals surface area (Å²) in [6.45, 7) is 4.72. The van der Waals surface area contributed by atoms with Crippen molar-refractivity contribution in [3.8, 4) is 11.4 Å². The molecule has 0 saturated carbocycles. The van der Waals surface area contributed by atoms with Gasteiger partial charge in [-0.3, -0.25) is 4.98 Å². The van der Waals surface area contributed by atoms with Crippen LogP contribution in [0.25, 0.3) is 11.4 Å². The van der Waals surface area contributed by atoms with Crippen molar-refractivity contribution < 1.29 is 5.11 Å². The lowest BCUT2D eigenvalue weighted by Gasteiger charge is -2.20. The van der Waals surface area contributed by atoms with Gasteiger partial charge in [0.2, 0.25) is 5.95 Å². The second kappa shape index (κ2) is 9.61. The minimum Gasteiger partial charge on any atom is -0.394 e. The Hall–Kier alpha value is -2.51. The summed E-state index contributed by atoms with van der Waals surface area (Å²) in [4.78, 5) is 13.6. The van der Waals surface area contributed by atoms with Gasteiger partial charge in [-0.2, -0.15) is 4.98 Å². The molecular formula is C21H24BrN5O. The highest BCUT2D eigenvalue weighted by Gasteiger charge is 2.15. The summed E-state index contributed by atoms with van der Waals surface area (Å²) < 4.78 is 1.04. The summed E-state index contributed by atoms with van der Waals surface area (Å²) in [5, 5.41) is 16.2. The van der Waals surface area contributed by atoms with Crippen molar-refractivity contribution in [1.29, 1.82) is 0 Å². The Balaban J connectivity index is 1.89. The number of hydrogen-bond donors (Lipinski definition) is 3. The van der Waals surface area contributed by atoms with E-state index < -0.39 is 0 Å². The van der Waals surface area contributed by atoms with Crippen LogP contribution in [-0.4, -0.2) is 32.7 Å². The van der Waals surface area contributed by atoms with Crippen molar-refractivity contribution in [2.24, 2.45) is 5.92 Å². The number of halogens is 1. The van der Waals surface area contributed by atoms with Crippen LogP contribution in [0.15, 0.2) is 59.2 Å². The summed E-state index contributed by atoms with van der Waals surface area (Å²) in [7, 11) is 0. The molecule has 0 aliphatic carbocycles. The molecule has 7 heteroatoms. The van der Waals surface area contributed by atoms with E-state index in [1.54, 1.807) is 6.20 Å². The maximum absolute atomic E-state index is 9.64. The number of aliphatic hydroxyl groups excluding tert-OH is 1. The lowest BCUT2D eigenvalue weighted by molar-refractivity contribution is 0.248. The highest BCUT2D eigenvalue weighted by molar-refractivity contribution is 9.10. The molecule has 0 radical (unpaired) electrons. The van der Waals surface area contributed by atoms with Gasteiger partial charge in [0.15, 0.2) is 0 Å². The van der Waals surface area contributed by atoms with Crippen molar-refractivity contribution in [2.75, 3.05) is 17.2 Å². The molecule has 28 heavy (non-hydrogen) atoms. The predicted octanol–water partition coefficient (Wildman–Crippen LogP) is 4.34. The van der Waals surface area contributed by atoms with E-state index in [2.05, 4.69) is 47.6 Å². The summed E-state index contributed by atoms with van der Waals surface area (Å²) in [5.41, 5.74) is 2.61. The molecule has 1 aromatic carbocycles. The summed E-state index contributed by atoms with van der Waals surface area (Å²) in [5.74, 6) is 1.39. The minimum atomic E-state index is -0.130. The number of benzene rings is 1. The lowest BCUT2D eigenvalue weighted by Crippen LogP contribution is -2.30. The van der Waals surface area contributed by atoms with E-state index in [0.29, 0.717) is 24.0 Å². The van der Waals surface area contributed by atoms with Crippen LogP contribution in [0.4, 0.5) is 11.8 Å². The normalized spacial score (nSPS) is 12.0. The molecule has 3 aromatic rings. The third kappa shape index (κ3) is 5.27. The Morgan fingerprint density at radius 3 is 2.50 bits per heavy atom. The first-order valence-electron chi connectivity index (χ1n) is 9.22. The molecule has 6 nitrogen and oxygen atoms in total. The third-order valence-electron chi connectivity index (χ3n) is 4.39. The van der Waals surface area contributed by atoms with Gasteiger partial charge in [-0.15, -0.1) is 0 Å². The number of pyridine rings is 1. The topological polar surface area (TPSA) is 83.0 Å². The quantitative estimate of drug-likeness (QED) is 0.482. The molecular weight excluding hydrogens is 418 g/mol. The number of hydrogen-bond acceptors (Lipinski definition) is 6. The summed E-state index contributed by atoms with van der Waals surface area (Å²) >= 11 is 3.57. The SMILES string of the molecule is CC(C)[C@@H](CO)Nc1nc(NCc2ccccc2Br)cc(-c2ccccn2)n1. The summed E-state index contributed by atoms with van der Waals surface area (Å²) in [6.07, 6.45) is 1.74. The van der Waals surface area contributed by atoms with Crippen LogP contribution >= 0.6 is 15.9 Å². The molecule has 0 saturated heterocycles. The van der Waals surface area contributed by atoms with Crippen LogP contribution in [0.5, 0.6) is 0 Å². The molecule has 0 aliphatic heterocycles. The molecule has 2 aromatic heterocycles. The van der Waals surface area contributed by atoms with Gasteiger partial charge in [-0.1, -0.05) is 54.0 Å². The molecule has 146 valence electrons. The van der Waals surface area contributed by atoms with E-state index in [0.717, 1.165) is 15.7 Å². The van der Waals surface area contributed by atoms with E-state index >= 15 is 0 Å². The van der Waals surface area contributed by atoms with Gasteiger partial charge < -0.3 is 15.7 Å². The molecule has 3 rings (SSSR count). The number of nitrogens with one attached hydrogen (secondary N) is 2. The average molecular weight is 442 g/mol. The largest absolute Gasteiger partial charge is 0.394 e. The number of rotatable bonds is 8. The first-order valence-corrected chi connectivity index (χ1v) is 10.0. The Morgan fingerprint density at radius 2 is 1.82 bits per heavy atom. The molecule has 0 bridgehead atoms. The van der Waals surface area contributed by atoms with Crippen molar-refractivity contribution in [3.05, 3.63) is 64.8 Å². The van der Waals surface area contributed by atoms with E-state index in [-0.39, 0.29) is 18.6 Å². The molecule has 0 spiro atoms. The highest BCUT2D eigenvalue weighted by Crippen LogP contribution is 2.22. The van der Waals surface area contributed by atoms with Gasteiger partial charge in [0.25, 0.3) is 0 Å². The van der Waals surface area contributed by atoms with E-state index in [1.165, 1.54) is 0 Å². The Kier molecular flexibility index (Phi) is 6.95. The predicted molar refractivity (Wildman–Crippen MR) is 116 cm³/mol. The van der Waals surface area contributed by atoms with Crippen LogP contribution < -0.4 is 10.6 Å². The zero-order valence-corrected chi connectivity index (χ0v) is 17.5. The molecule has 2 heterocycles. The maximum atomic E-state index is 9.64. The highest BCUT2D eigenvalue weighted by atomic mass is 79.9. The maximum Gasteiger partial charge on any atom is 0.225 e. The monoisotopic (exact) mass is 441 g/mol. The second-order valence-electron chi connectivity index (χ2n) is 6.80. The van der Waals surface area contributed by atoms with E-state index in [9.17, 15) is 5.11 Å². The zero-order valence-electron chi connectivity index (χ0n) is 15.9. The Labute approximate surface area is 173 Å². The number of aromatic nitrogens is 3. The third-order valence-corrected chi connectivity index (χ3v) is 5.16. The first-order chi connectivity index (χ1) is 13.6. The second-order valence-corrected chi connectivity index (χ2v) is 7.65. The van der Waals surface area contributed by atoms with Crippen LogP contribution in [0.1, 0.15) is 19.4 Å². The van der Waals surface area contributed by atoms with Gasteiger partial charge in [-0.25, -0.2) is 4.98 Å². The molecule has 3 N–H and O–H groups in total. The fourth-order valence-corrected chi connectivity index (χ4v) is 3.09. The molecule has 1 atom stereocenters. The van der Waals surface area contributed by atoms with Gasteiger partial charge in [0.1, 0.15) is 5.82 Å². The first kappa shape index (κ1) is 20.2. The summed E-state index contributed by atoms with van der Waals surface area (Å²) in [6, 6.07) is 15.5. The lowest BCUT2D eigenvalue weighted by atomic mass is 10.1. The van der Waals surface area contributed by atoms with E-state index in [1.807, 2.05) is 56.3 Å². The van der Waals surface area contributed by atoms with Crippen molar-refractivity contribution in [2.45, 2.75) is 26.4 Å². The van der Waals surface area contributed by atoms with Crippen LogP contribution in [0.3, 0.4) is 0 Å². The van der Waals surface area contributed by atoms with Crippen LogP contribution in [-0.2, 0) is 6.54 Å². The molecule has 0 aliphatic rings. The average Bonchev–Trinajstić information content (AvgIpc) is 2.71. The number of aliphatic hydroxyl groups is 1. The smallest absolute Gasteiger partial charge is 0.225 e. The van der Waals surface area contributed by atoms with Crippen molar-refractivity contribution >= 4 is 27.7 Å². The number of nitrogens with zero attached hydrogens (tertiary/aromatic N) is 3. The molecule has 0 amide bonds. The van der Waals surface area contributed by atoms with Gasteiger partial charge >= 0.3 is 0 Å². The Bertz CT molecular complexity index is 904. The van der Waals surface area contributed by atoms with Crippen LogP contribution in [0, 0.1) is 5.92 Å². The van der Waals surface area contributed by atoms with Crippen LogP contribution in [0.2, 0.25) is 0 Å². The number of anilines is 2.